The summed E-state index contributed by atoms with van der Waals surface area (Å²) < 4.78 is 10.8. The van der Waals surface area contributed by atoms with Gasteiger partial charge in [-0.15, -0.1) is 0 Å². The first kappa shape index (κ1) is 18.5. The van der Waals surface area contributed by atoms with Crippen LogP contribution in [0.5, 0.6) is 0 Å². The van der Waals surface area contributed by atoms with E-state index in [1.807, 2.05) is 61.5 Å². The van der Waals surface area contributed by atoms with E-state index in [0.717, 1.165) is 11.1 Å². The molecule has 0 fully saturated rings. The highest BCUT2D eigenvalue weighted by atomic mass is 16.5. The molecule has 0 saturated heterocycles. The fourth-order valence-electron chi connectivity index (χ4n) is 2.79. The summed E-state index contributed by atoms with van der Waals surface area (Å²) in [5.74, 6) is -0.274. The fraction of sp³-hybridized carbons (Fsp3) is 0.182. The molecule has 1 amide bonds. The molecule has 2 aromatic carbocycles. The second-order valence-electron chi connectivity index (χ2n) is 6.30. The molecule has 138 valence electrons. The van der Waals surface area contributed by atoms with Crippen LogP contribution in [0.1, 0.15) is 30.6 Å². The highest BCUT2D eigenvalue weighted by Gasteiger charge is 2.30. The second-order valence-corrected chi connectivity index (χ2v) is 6.30. The van der Waals surface area contributed by atoms with Gasteiger partial charge in [0.25, 0.3) is 5.91 Å². The van der Waals surface area contributed by atoms with E-state index in [0.29, 0.717) is 23.4 Å². The molecule has 0 saturated carbocycles. The summed E-state index contributed by atoms with van der Waals surface area (Å²) in [6.07, 6.45) is 2.92. The molecule has 27 heavy (non-hydrogen) atoms. The first-order chi connectivity index (χ1) is 13.0. The maximum absolute atomic E-state index is 12.8. The van der Waals surface area contributed by atoms with Gasteiger partial charge in [-0.25, -0.2) is 0 Å². The third kappa shape index (κ3) is 4.85. The maximum atomic E-state index is 12.8. The molecule has 1 aliphatic rings. The Hall–Kier alpha value is -3.34. The third-order valence-corrected chi connectivity index (χ3v) is 4.16. The van der Waals surface area contributed by atoms with Crippen LogP contribution in [-0.4, -0.2) is 11.9 Å². The number of hydrogen-bond donors (Lipinski definition) is 1. The van der Waals surface area contributed by atoms with Crippen LogP contribution in [-0.2, 0) is 19.1 Å². The Bertz CT molecular complexity index is 882. The summed E-state index contributed by atoms with van der Waals surface area (Å²) in [7, 11) is 0. The summed E-state index contributed by atoms with van der Waals surface area (Å²) in [5, 5.41) is 2.89. The van der Waals surface area contributed by atoms with Gasteiger partial charge >= 0.3 is 5.97 Å². The van der Waals surface area contributed by atoms with Crippen molar-refractivity contribution >= 4 is 17.6 Å². The van der Waals surface area contributed by atoms with E-state index in [-0.39, 0.29) is 12.0 Å². The number of nitrogens with one attached hydrogen (secondary N) is 1. The average molecular weight is 363 g/mol. The first-order valence-electron chi connectivity index (χ1n) is 8.69. The third-order valence-electron chi connectivity index (χ3n) is 4.16. The molecule has 1 N–H and O–H groups in total. The zero-order valence-electron chi connectivity index (χ0n) is 15.3. The van der Waals surface area contributed by atoms with Gasteiger partial charge < -0.3 is 14.8 Å². The number of anilines is 1. The molecule has 3 rings (SSSR count). The Morgan fingerprint density at radius 3 is 2.48 bits per heavy atom. The Morgan fingerprint density at radius 1 is 1.11 bits per heavy atom. The molecule has 0 spiro atoms. The van der Waals surface area contributed by atoms with Crippen molar-refractivity contribution < 1.29 is 19.1 Å². The van der Waals surface area contributed by atoms with Crippen LogP contribution in [0.3, 0.4) is 0 Å². The Balaban J connectivity index is 1.81. The minimum absolute atomic E-state index is 0.236. The predicted octanol–water partition coefficient (Wildman–Crippen LogP) is 4.43. The minimum Gasteiger partial charge on any atom is -0.485 e. The molecule has 0 aromatic heterocycles. The molecular formula is C22H21NO4. The number of amides is 1. The second kappa shape index (κ2) is 8.36. The minimum atomic E-state index is -0.435. The van der Waals surface area contributed by atoms with Crippen molar-refractivity contribution in [2.45, 2.75) is 26.4 Å². The van der Waals surface area contributed by atoms with E-state index in [2.05, 4.69) is 5.32 Å². The number of benzene rings is 2. The molecule has 5 nitrogen and oxygen atoms in total. The van der Waals surface area contributed by atoms with Gasteiger partial charge in [0.2, 0.25) is 0 Å². The van der Waals surface area contributed by atoms with Gasteiger partial charge in [-0.3, -0.25) is 9.59 Å². The van der Waals surface area contributed by atoms with Crippen LogP contribution >= 0.6 is 0 Å². The van der Waals surface area contributed by atoms with Crippen LogP contribution in [0.25, 0.3) is 0 Å². The van der Waals surface area contributed by atoms with Gasteiger partial charge in [0.1, 0.15) is 11.9 Å². The van der Waals surface area contributed by atoms with Gasteiger partial charge in [0.15, 0.2) is 0 Å². The number of allylic oxidation sites excluding steroid dienone is 1. The quantitative estimate of drug-likeness (QED) is 0.631. The molecule has 0 bridgehead atoms. The summed E-state index contributed by atoms with van der Waals surface area (Å²) in [6, 6.07) is 17.3. The van der Waals surface area contributed by atoms with Crippen molar-refractivity contribution in [1.82, 2.24) is 0 Å². The first-order valence-corrected chi connectivity index (χ1v) is 8.69. The highest BCUT2D eigenvalue weighted by molar-refractivity contribution is 6.04. The van der Waals surface area contributed by atoms with Gasteiger partial charge in [-0.2, -0.15) is 0 Å². The molecule has 2 aromatic rings. The number of hydrogen-bond acceptors (Lipinski definition) is 4. The molecule has 5 heteroatoms. The number of ether oxygens (including phenoxy) is 2. The number of rotatable bonds is 5. The van der Waals surface area contributed by atoms with Crippen LogP contribution in [0.15, 0.2) is 78.3 Å². The monoisotopic (exact) mass is 363 g/mol. The Labute approximate surface area is 158 Å². The number of esters is 1. The summed E-state index contributed by atoms with van der Waals surface area (Å²) in [6.45, 7) is 3.30. The van der Waals surface area contributed by atoms with Crippen LogP contribution in [0.4, 0.5) is 5.69 Å². The molecule has 0 aliphatic carbocycles. The van der Waals surface area contributed by atoms with Crippen molar-refractivity contribution in [1.29, 1.82) is 0 Å². The lowest BCUT2D eigenvalue weighted by Gasteiger charge is -2.11. The number of carbonyl (C=O) groups is 2. The lowest BCUT2D eigenvalue weighted by atomic mass is 10.0. The van der Waals surface area contributed by atoms with E-state index in [4.69, 9.17) is 9.47 Å². The Morgan fingerprint density at radius 2 is 1.81 bits per heavy atom. The SMILES string of the molecule is CC(=O)O/C=C\C1=C(C(=O)Nc2ccc(C)cc2)CC(c2ccccc2)O1. The van der Waals surface area contributed by atoms with Gasteiger partial charge in [-0.05, 0) is 24.6 Å². The molecule has 1 aliphatic heterocycles. The van der Waals surface area contributed by atoms with Crippen molar-refractivity contribution in [3.63, 3.8) is 0 Å². The highest BCUT2D eigenvalue weighted by Crippen LogP contribution is 2.37. The summed E-state index contributed by atoms with van der Waals surface area (Å²) >= 11 is 0. The fourth-order valence-corrected chi connectivity index (χ4v) is 2.79. The standard InChI is InChI=1S/C22H21NO4/c1-15-8-10-18(11-9-15)23-22(25)19-14-21(17-6-4-3-5-7-17)27-20(19)12-13-26-16(2)24/h3-13,21H,14H2,1-2H3,(H,23,25)/b13-12-. The van der Waals surface area contributed by atoms with Crippen LogP contribution in [0, 0.1) is 6.92 Å². The predicted molar refractivity (Wildman–Crippen MR) is 103 cm³/mol. The molecule has 1 atom stereocenters. The zero-order chi connectivity index (χ0) is 19.2. The largest absolute Gasteiger partial charge is 0.485 e. The normalized spacial score (nSPS) is 16.3. The van der Waals surface area contributed by atoms with Gasteiger partial charge in [-0.1, -0.05) is 48.0 Å². The Kier molecular flexibility index (Phi) is 5.71. The molecular weight excluding hydrogens is 342 g/mol. The van der Waals surface area contributed by atoms with Crippen LogP contribution < -0.4 is 5.32 Å². The zero-order valence-corrected chi connectivity index (χ0v) is 15.3. The van der Waals surface area contributed by atoms with E-state index >= 15 is 0 Å². The smallest absolute Gasteiger partial charge is 0.307 e. The van der Waals surface area contributed by atoms with E-state index in [1.54, 1.807) is 0 Å². The molecule has 1 unspecified atom stereocenters. The van der Waals surface area contributed by atoms with Gasteiger partial charge in [0.05, 0.1) is 11.8 Å². The van der Waals surface area contributed by atoms with E-state index < -0.39 is 5.97 Å². The van der Waals surface area contributed by atoms with Crippen molar-refractivity contribution in [3.05, 3.63) is 89.4 Å². The number of aryl methyl sites for hydroxylation is 1. The number of carbonyl (C=O) groups excluding carboxylic acids is 2. The topological polar surface area (TPSA) is 64.6 Å². The lowest BCUT2D eigenvalue weighted by Crippen LogP contribution is -2.14. The van der Waals surface area contributed by atoms with Crippen molar-refractivity contribution in [2.24, 2.45) is 0 Å². The summed E-state index contributed by atoms with van der Waals surface area (Å²) in [5.41, 5.74) is 3.32. The van der Waals surface area contributed by atoms with Crippen LogP contribution in [0.2, 0.25) is 0 Å². The molecule has 1 heterocycles. The molecule has 0 radical (unpaired) electrons. The van der Waals surface area contributed by atoms with E-state index in [1.165, 1.54) is 19.3 Å². The lowest BCUT2D eigenvalue weighted by molar-refractivity contribution is -0.135. The van der Waals surface area contributed by atoms with Crippen molar-refractivity contribution in [3.8, 4) is 0 Å². The van der Waals surface area contributed by atoms with Gasteiger partial charge in [0, 0.05) is 25.1 Å². The average Bonchev–Trinajstić information content (AvgIpc) is 3.08. The van der Waals surface area contributed by atoms with Crippen molar-refractivity contribution in [2.75, 3.05) is 5.32 Å². The maximum Gasteiger partial charge on any atom is 0.307 e. The van der Waals surface area contributed by atoms with E-state index in [9.17, 15) is 9.59 Å². The summed E-state index contributed by atoms with van der Waals surface area (Å²) in [4.78, 5) is 23.8.